The Balaban J connectivity index is 1.26. The molecule has 7 heteroatoms. The molecular formula is C24H34N4O3. The molecule has 2 aliphatic heterocycles. The van der Waals surface area contributed by atoms with Crippen LogP contribution in [-0.2, 0) is 20.9 Å². The summed E-state index contributed by atoms with van der Waals surface area (Å²) in [4.78, 5) is 46.6. The summed E-state index contributed by atoms with van der Waals surface area (Å²) >= 11 is 0. The SMILES string of the molecule is O=C(NCc1cccnc1)C1CCN(C(=O)C2CCCN2C(=O)C2CCCCC2)CC1. The van der Waals surface area contributed by atoms with E-state index in [1.54, 1.807) is 12.4 Å². The van der Waals surface area contributed by atoms with Gasteiger partial charge >= 0.3 is 0 Å². The lowest BCUT2D eigenvalue weighted by Crippen LogP contribution is -2.52. The quantitative estimate of drug-likeness (QED) is 0.784. The van der Waals surface area contributed by atoms with Crippen LogP contribution in [0.2, 0.25) is 0 Å². The molecule has 1 unspecified atom stereocenters. The Kier molecular flexibility index (Phi) is 7.20. The fraction of sp³-hybridized carbons (Fsp3) is 0.667. The van der Waals surface area contributed by atoms with Gasteiger partial charge in [0.25, 0.3) is 0 Å². The molecule has 3 fully saturated rings. The molecule has 1 aromatic rings. The Hall–Kier alpha value is -2.44. The van der Waals surface area contributed by atoms with Crippen LogP contribution in [0.5, 0.6) is 0 Å². The average molecular weight is 427 g/mol. The lowest BCUT2D eigenvalue weighted by Gasteiger charge is -2.36. The van der Waals surface area contributed by atoms with Crippen LogP contribution in [0.4, 0.5) is 0 Å². The molecule has 3 amide bonds. The summed E-state index contributed by atoms with van der Waals surface area (Å²) in [5, 5.41) is 2.99. The van der Waals surface area contributed by atoms with Crippen molar-refractivity contribution in [1.82, 2.24) is 20.1 Å². The van der Waals surface area contributed by atoms with Crippen LogP contribution < -0.4 is 5.32 Å². The van der Waals surface area contributed by atoms with Crippen molar-refractivity contribution in [2.45, 2.75) is 70.4 Å². The number of amides is 3. The zero-order valence-electron chi connectivity index (χ0n) is 18.3. The number of likely N-dealkylation sites (tertiary alicyclic amines) is 2. The highest BCUT2D eigenvalue weighted by atomic mass is 16.2. The Labute approximate surface area is 184 Å². The van der Waals surface area contributed by atoms with Crippen molar-refractivity contribution in [2.75, 3.05) is 19.6 Å². The molecule has 0 spiro atoms. The van der Waals surface area contributed by atoms with Gasteiger partial charge in [-0.1, -0.05) is 25.3 Å². The largest absolute Gasteiger partial charge is 0.352 e. The van der Waals surface area contributed by atoms with Crippen LogP contribution in [-0.4, -0.2) is 58.2 Å². The van der Waals surface area contributed by atoms with Gasteiger partial charge in [-0.15, -0.1) is 0 Å². The van der Waals surface area contributed by atoms with Crippen LogP contribution in [0.3, 0.4) is 0 Å². The van der Waals surface area contributed by atoms with Crippen molar-refractivity contribution in [2.24, 2.45) is 11.8 Å². The molecule has 2 saturated heterocycles. The molecule has 1 N–H and O–H groups in total. The number of nitrogens with one attached hydrogen (secondary N) is 1. The molecular weight excluding hydrogens is 392 g/mol. The number of hydrogen-bond donors (Lipinski definition) is 1. The highest BCUT2D eigenvalue weighted by molar-refractivity contribution is 5.89. The number of pyridine rings is 1. The summed E-state index contributed by atoms with van der Waals surface area (Å²) in [5.74, 6) is 0.364. The van der Waals surface area contributed by atoms with E-state index in [0.29, 0.717) is 39.0 Å². The van der Waals surface area contributed by atoms with Crippen molar-refractivity contribution in [3.63, 3.8) is 0 Å². The van der Waals surface area contributed by atoms with Gasteiger partial charge in [0.2, 0.25) is 17.7 Å². The lowest BCUT2D eigenvalue weighted by atomic mass is 9.88. The van der Waals surface area contributed by atoms with Gasteiger partial charge in [0.15, 0.2) is 0 Å². The maximum Gasteiger partial charge on any atom is 0.245 e. The summed E-state index contributed by atoms with van der Waals surface area (Å²) < 4.78 is 0. The summed E-state index contributed by atoms with van der Waals surface area (Å²) in [7, 11) is 0. The van der Waals surface area contributed by atoms with E-state index in [2.05, 4.69) is 10.3 Å². The summed E-state index contributed by atoms with van der Waals surface area (Å²) in [6, 6.07) is 3.50. The van der Waals surface area contributed by atoms with Crippen molar-refractivity contribution >= 4 is 17.7 Å². The zero-order valence-corrected chi connectivity index (χ0v) is 18.3. The number of carbonyl (C=O) groups is 3. The number of carbonyl (C=O) groups excluding carboxylic acids is 3. The van der Waals surface area contributed by atoms with Crippen molar-refractivity contribution in [3.8, 4) is 0 Å². The van der Waals surface area contributed by atoms with E-state index in [0.717, 1.165) is 44.1 Å². The third-order valence-electron chi connectivity index (χ3n) is 7.14. The maximum atomic E-state index is 13.2. The van der Waals surface area contributed by atoms with Gasteiger partial charge < -0.3 is 15.1 Å². The molecule has 31 heavy (non-hydrogen) atoms. The molecule has 1 aromatic heterocycles. The van der Waals surface area contributed by atoms with Gasteiger partial charge in [-0.2, -0.15) is 0 Å². The van der Waals surface area contributed by atoms with E-state index >= 15 is 0 Å². The minimum Gasteiger partial charge on any atom is -0.352 e. The third kappa shape index (κ3) is 5.25. The Morgan fingerprint density at radius 2 is 1.68 bits per heavy atom. The fourth-order valence-electron chi connectivity index (χ4n) is 5.28. The van der Waals surface area contributed by atoms with Crippen molar-refractivity contribution in [1.29, 1.82) is 0 Å². The highest BCUT2D eigenvalue weighted by Crippen LogP contribution is 2.30. The topological polar surface area (TPSA) is 82.6 Å². The Morgan fingerprint density at radius 1 is 0.903 bits per heavy atom. The van der Waals surface area contributed by atoms with Gasteiger partial charge in [0.05, 0.1) is 0 Å². The van der Waals surface area contributed by atoms with E-state index in [-0.39, 0.29) is 35.6 Å². The van der Waals surface area contributed by atoms with E-state index in [4.69, 9.17) is 0 Å². The molecule has 1 aliphatic carbocycles. The molecule has 3 heterocycles. The van der Waals surface area contributed by atoms with Crippen LogP contribution in [0, 0.1) is 11.8 Å². The normalized spacial score (nSPS) is 23.0. The molecule has 3 aliphatic rings. The van der Waals surface area contributed by atoms with Gasteiger partial charge in [-0.25, -0.2) is 0 Å². The second-order valence-corrected chi connectivity index (χ2v) is 9.20. The van der Waals surface area contributed by atoms with Crippen LogP contribution in [0.1, 0.15) is 63.4 Å². The van der Waals surface area contributed by atoms with Crippen molar-refractivity contribution in [3.05, 3.63) is 30.1 Å². The number of hydrogen-bond acceptors (Lipinski definition) is 4. The monoisotopic (exact) mass is 426 g/mol. The minimum atomic E-state index is -0.301. The summed E-state index contributed by atoms with van der Waals surface area (Å²) in [6.45, 7) is 2.36. The predicted octanol–water partition coefficient (Wildman–Crippen LogP) is 2.51. The standard InChI is InChI=1S/C24H34N4O3/c29-22(26-17-18-6-4-12-25-16-18)19-10-14-27(15-11-19)24(31)21-9-5-13-28(21)23(30)20-7-2-1-3-8-20/h4,6,12,16,19-21H,1-3,5,7-11,13-15,17H2,(H,26,29). The zero-order chi connectivity index (χ0) is 21.6. The van der Waals surface area contributed by atoms with Crippen LogP contribution in [0.15, 0.2) is 24.5 Å². The van der Waals surface area contributed by atoms with Crippen LogP contribution >= 0.6 is 0 Å². The Bertz CT molecular complexity index is 770. The van der Waals surface area contributed by atoms with Crippen molar-refractivity contribution < 1.29 is 14.4 Å². The molecule has 168 valence electrons. The highest BCUT2D eigenvalue weighted by Gasteiger charge is 2.40. The van der Waals surface area contributed by atoms with Gasteiger partial charge in [0, 0.05) is 50.4 Å². The van der Waals surface area contributed by atoms with E-state index < -0.39 is 0 Å². The van der Waals surface area contributed by atoms with Gasteiger partial charge in [-0.05, 0) is 50.2 Å². The number of piperidine rings is 1. The van der Waals surface area contributed by atoms with Crippen LogP contribution in [0.25, 0.3) is 0 Å². The lowest BCUT2D eigenvalue weighted by molar-refractivity contribution is -0.147. The number of rotatable bonds is 5. The van der Waals surface area contributed by atoms with E-state index in [1.165, 1.54) is 6.42 Å². The first-order valence-corrected chi connectivity index (χ1v) is 11.9. The van der Waals surface area contributed by atoms with E-state index in [1.807, 2.05) is 21.9 Å². The summed E-state index contributed by atoms with van der Waals surface area (Å²) in [6.07, 6.45) is 11.9. The van der Waals surface area contributed by atoms with Gasteiger partial charge in [-0.3, -0.25) is 19.4 Å². The Morgan fingerprint density at radius 3 is 2.39 bits per heavy atom. The molecule has 1 atom stereocenters. The molecule has 7 nitrogen and oxygen atoms in total. The van der Waals surface area contributed by atoms with Gasteiger partial charge in [0.1, 0.15) is 6.04 Å². The third-order valence-corrected chi connectivity index (χ3v) is 7.14. The maximum absolute atomic E-state index is 13.2. The molecule has 0 aromatic carbocycles. The smallest absolute Gasteiger partial charge is 0.245 e. The number of nitrogens with zero attached hydrogens (tertiary/aromatic N) is 3. The molecule has 4 rings (SSSR count). The predicted molar refractivity (Wildman–Crippen MR) is 117 cm³/mol. The molecule has 1 saturated carbocycles. The average Bonchev–Trinajstić information content (AvgIpc) is 3.33. The summed E-state index contributed by atoms with van der Waals surface area (Å²) in [5.41, 5.74) is 0.979. The first kappa shape index (κ1) is 21.8. The fourth-order valence-corrected chi connectivity index (χ4v) is 5.28. The second kappa shape index (κ2) is 10.2. The first-order valence-electron chi connectivity index (χ1n) is 11.9. The molecule has 0 bridgehead atoms. The number of aromatic nitrogens is 1. The van der Waals surface area contributed by atoms with E-state index in [9.17, 15) is 14.4 Å². The minimum absolute atomic E-state index is 0.0471. The molecule has 0 radical (unpaired) electrons. The first-order chi connectivity index (χ1) is 15.1. The second-order valence-electron chi connectivity index (χ2n) is 9.20.